The second-order valence-corrected chi connectivity index (χ2v) is 5.53. The van der Waals surface area contributed by atoms with E-state index in [0.717, 1.165) is 19.3 Å². The first-order chi connectivity index (χ1) is 10.4. The lowest BCUT2D eigenvalue weighted by Crippen LogP contribution is -2.19. The molecular weight excluding hydrogens is 293 g/mol. The Morgan fingerprint density at radius 1 is 1.00 bits per heavy atom. The summed E-state index contributed by atoms with van der Waals surface area (Å²) in [6.45, 7) is 0.834. The minimum absolute atomic E-state index is 0.00524. The van der Waals surface area contributed by atoms with Crippen molar-refractivity contribution in [3.05, 3.63) is 23.8 Å². The monoisotopic (exact) mass is 318 g/mol. The third-order valence-corrected chi connectivity index (χ3v) is 3.53. The Morgan fingerprint density at radius 3 is 2.27 bits per heavy atom. The van der Waals surface area contributed by atoms with Crippen LogP contribution in [0, 0.1) is 0 Å². The Hall–Kier alpha value is -1.39. The number of halogens is 3. The van der Waals surface area contributed by atoms with Gasteiger partial charge in [0.1, 0.15) is 11.5 Å². The molecule has 0 saturated heterocycles. The van der Waals surface area contributed by atoms with E-state index in [2.05, 4.69) is 6.92 Å². The molecule has 0 aliphatic rings. The average molecular weight is 318 g/mol. The van der Waals surface area contributed by atoms with Crippen LogP contribution in [0.2, 0.25) is 0 Å². The molecule has 0 aliphatic heterocycles. The molecule has 126 valence electrons. The fourth-order valence-electron chi connectivity index (χ4n) is 2.36. The summed E-state index contributed by atoms with van der Waals surface area (Å²) >= 11 is 0. The number of hydrogen-bond donors (Lipinski definition) is 1. The Morgan fingerprint density at radius 2 is 1.64 bits per heavy atom. The quantitative estimate of drug-likeness (QED) is 0.567. The minimum Gasteiger partial charge on any atom is -0.508 e. The lowest BCUT2D eigenvalue weighted by Gasteiger charge is -2.14. The van der Waals surface area contributed by atoms with E-state index in [4.69, 9.17) is 4.74 Å². The highest BCUT2D eigenvalue weighted by Gasteiger charge is 2.29. The third kappa shape index (κ3) is 7.57. The summed E-state index contributed by atoms with van der Waals surface area (Å²) in [6, 6.07) is 4.45. The van der Waals surface area contributed by atoms with E-state index in [1.54, 1.807) is 0 Å². The first-order valence-corrected chi connectivity index (χ1v) is 7.94. The molecule has 0 bridgehead atoms. The number of phenolic OH excluding ortho intramolecular Hbond substituents is 1. The summed E-state index contributed by atoms with van der Waals surface area (Å²) in [5.74, 6) is 0.133. The SMILES string of the molecule is CCCCCCCCCc1c(O)cccc1OCC(F)(F)F. The van der Waals surface area contributed by atoms with Gasteiger partial charge in [-0.2, -0.15) is 13.2 Å². The van der Waals surface area contributed by atoms with Crippen LogP contribution in [-0.4, -0.2) is 17.9 Å². The first-order valence-electron chi connectivity index (χ1n) is 7.94. The van der Waals surface area contributed by atoms with Gasteiger partial charge >= 0.3 is 6.18 Å². The minimum atomic E-state index is -4.37. The standard InChI is InChI=1S/C17H25F3O2/c1-2-3-4-5-6-7-8-10-14-15(21)11-9-12-16(14)22-13-17(18,19)20/h9,11-12,21H,2-8,10,13H2,1H3. The van der Waals surface area contributed by atoms with Gasteiger partial charge in [-0.25, -0.2) is 0 Å². The number of hydrogen-bond acceptors (Lipinski definition) is 2. The summed E-state index contributed by atoms with van der Waals surface area (Å²) in [4.78, 5) is 0. The number of benzene rings is 1. The normalized spacial score (nSPS) is 11.6. The summed E-state index contributed by atoms with van der Waals surface area (Å²) < 4.78 is 41.5. The molecule has 5 heteroatoms. The molecule has 1 aromatic rings. The Kier molecular flexibility index (Phi) is 8.13. The average Bonchev–Trinajstić information content (AvgIpc) is 2.45. The Bertz CT molecular complexity index is 430. The molecule has 0 atom stereocenters. The second-order valence-electron chi connectivity index (χ2n) is 5.53. The molecule has 1 aromatic carbocycles. The summed E-state index contributed by atoms with van der Waals surface area (Å²) in [6.07, 6.45) is 4.00. The second kappa shape index (κ2) is 9.59. The van der Waals surface area contributed by atoms with Crippen molar-refractivity contribution in [2.24, 2.45) is 0 Å². The molecule has 0 saturated carbocycles. The Labute approximate surface area is 130 Å². The molecule has 0 spiro atoms. The fraction of sp³-hybridized carbons (Fsp3) is 0.647. The third-order valence-electron chi connectivity index (χ3n) is 3.53. The van der Waals surface area contributed by atoms with Crippen molar-refractivity contribution in [1.29, 1.82) is 0 Å². The zero-order chi connectivity index (χ0) is 16.4. The van der Waals surface area contributed by atoms with Crippen LogP contribution in [0.25, 0.3) is 0 Å². The van der Waals surface area contributed by atoms with Crippen molar-refractivity contribution in [3.63, 3.8) is 0 Å². The maximum absolute atomic E-state index is 12.2. The van der Waals surface area contributed by atoms with Crippen molar-refractivity contribution in [1.82, 2.24) is 0 Å². The molecule has 0 aromatic heterocycles. The molecule has 22 heavy (non-hydrogen) atoms. The zero-order valence-corrected chi connectivity index (χ0v) is 13.1. The van der Waals surface area contributed by atoms with Gasteiger partial charge in [0.25, 0.3) is 0 Å². The van der Waals surface area contributed by atoms with Gasteiger partial charge in [-0.15, -0.1) is 0 Å². The van der Waals surface area contributed by atoms with Gasteiger partial charge in [-0.1, -0.05) is 51.5 Å². The van der Waals surface area contributed by atoms with E-state index in [0.29, 0.717) is 12.0 Å². The van der Waals surface area contributed by atoms with E-state index < -0.39 is 12.8 Å². The lowest BCUT2D eigenvalue weighted by molar-refractivity contribution is -0.153. The van der Waals surface area contributed by atoms with Crippen LogP contribution < -0.4 is 4.74 Å². The molecule has 0 aliphatic carbocycles. The number of phenols is 1. The molecule has 0 amide bonds. The molecule has 0 radical (unpaired) electrons. The number of alkyl halides is 3. The first kappa shape index (κ1) is 18.7. The number of rotatable bonds is 10. The highest BCUT2D eigenvalue weighted by atomic mass is 19.4. The number of unbranched alkanes of at least 4 members (excludes halogenated alkanes) is 6. The van der Waals surface area contributed by atoms with Crippen LogP contribution in [0.3, 0.4) is 0 Å². The van der Waals surface area contributed by atoms with Crippen LogP contribution in [0.4, 0.5) is 13.2 Å². The van der Waals surface area contributed by atoms with Crippen molar-refractivity contribution in [2.45, 2.75) is 64.5 Å². The molecule has 2 nitrogen and oxygen atoms in total. The van der Waals surface area contributed by atoms with Crippen LogP contribution >= 0.6 is 0 Å². The van der Waals surface area contributed by atoms with Crippen LogP contribution in [0.15, 0.2) is 18.2 Å². The molecule has 0 unspecified atom stereocenters. The summed E-state index contributed by atoms with van der Waals surface area (Å²) in [5, 5.41) is 9.83. The highest BCUT2D eigenvalue weighted by Crippen LogP contribution is 2.30. The number of ether oxygens (including phenoxy) is 1. The smallest absolute Gasteiger partial charge is 0.422 e. The van der Waals surface area contributed by atoms with Gasteiger partial charge in [0, 0.05) is 5.56 Å². The van der Waals surface area contributed by atoms with Crippen molar-refractivity contribution < 1.29 is 23.0 Å². The van der Waals surface area contributed by atoms with Crippen LogP contribution in [-0.2, 0) is 6.42 Å². The van der Waals surface area contributed by atoms with Crippen molar-refractivity contribution in [2.75, 3.05) is 6.61 Å². The Balaban J connectivity index is 2.44. The molecule has 1 rings (SSSR count). The van der Waals surface area contributed by atoms with E-state index in [1.165, 1.54) is 43.9 Å². The maximum Gasteiger partial charge on any atom is 0.422 e. The predicted molar refractivity (Wildman–Crippen MR) is 81.4 cm³/mol. The van der Waals surface area contributed by atoms with Crippen LogP contribution in [0.1, 0.15) is 57.4 Å². The lowest BCUT2D eigenvalue weighted by atomic mass is 10.0. The van der Waals surface area contributed by atoms with Gasteiger partial charge in [0.05, 0.1) is 0 Å². The van der Waals surface area contributed by atoms with E-state index in [9.17, 15) is 18.3 Å². The zero-order valence-electron chi connectivity index (χ0n) is 13.1. The number of aromatic hydroxyl groups is 1. The van der Waals surface area contributed by atoms with Gasteiger partial charge in [0.2, 0.25) is 0 Å². The topological polar surface area (TPSA) is 29.5 Å². The van der Waals surface area contributed by atoms with E-state index in [1.807, 2.05) is 0 Å². The van der Waals surface area contributed by atoms with E-state index in [-0.39, 0.29) is 11.5 Å². The molecule has 1 N–H and O–H groups in total. The van der Waals surface area contributed by atoms with Gasteiger partial charge in [0.15, 0.2) is 6.61 Å². The van der Waals surface area contributed by atoms with Gasteiger partial charge < -0.3 is 9.84 Å². The maximum atomic E-state index is 12.2. The molecule has 0 fully saturated rings. The van der Waals surface area contributed by atoms with Gasteiger partial charge in [-0.05, 0) is 25.0 Å². The highest BCUT2D eigenvalue weighted by molar-refractivity contribution is 5.44. The van der Waals surface area contributed by atoms with Crippen LogP contribution in [0.5, 0.6) is 11.5 Å². The molecular formula is C17H25F3O2. The van der Waals surface area contributed by atoms with Gasteiger partial charge in [-0.3, -0.25) is 0 Å². The predicted octanol–water partition coefficient (Wildman–Crippen LogP) is 5.63. The van der Waals surface area contributed by atoms with Crippen molar-refractivity contribution >= 4 is 0 Å². The summed E-state index contributed by atoms with van der Waals surface area (Å²) in [5.41, 5.74) is 0.473. The largest absolute Gasteiger partial charge is 0.508 e. The fourth-order valence-corrected chi connectivity index (χ4v) is 2.36. The van der Waals surface area contributed by atoms with Crippen molar-refractivity contribution in [3.8, 4) is 11.5 Å². The molecule has 0 heterocycles. The van der Waals surface area contributed by atoms with E-state index >= 15 is 0 Å². The summed E-state index contributed by atoms with van der Waals surface area (Å²) in [7, 11) is 0.